The minimum atomic E-state index is 0. The lowest BCUT2D eigenvalue weighted by molar-refractivity contribution is -0.697. The molecule has 0 bridgehead atoms. The van der Waals surface area contributed by atoms with E-state index in [0.29, 0.717) is 0 Å². The van der Waals surface area contributed by atoms with Crippen LogP contribution >= 0.6 is 0 Å². The molecule has 366 valence electrons. The smallest absolute Gasteiger partial charge is 0.168 e. The van der Waals surface area contributed by atoms with E-state index in [4.69, 9.17) is 0 Å². The van der Waals surface area contributed by atoms with Crippen molar-refractivity contribution < 1.29 is 50.9 Å². The van der Waals surface area contributed by atoms with Crippen LogP contribution in [0.3, 0.4) is 0 Å². The highest BCUT2D eigenvalue weighted by Gasteiger charge is 2.01. The molecule has 3 aromatic rings. The normalized spacial score (nSPS) is 10.3. The van der Waals surface area contributed by atoms with Gasteiger partial charge in [0.2, 0.25) is 0 Å². The summed E-state index contributed by atoms with van der Waals surface area (Å²) in [7, 11) is 0. The van der Waals surface area contributed by atoms with Gasteiger partial charge < -0.3 is 37.2 Å². The zero-order valence-corrected chi connectivity index (χ0v) is 44.0. The van der Waals surface area contributed by atoms with Crippen LogP contribution in [0.25, 0.3) is 0 Å². The van der Waals surface area contributed by atoms with E-state index in [-0.39, 0.29) is 37.2 Å². The lowest BCUT2D eigenvalue weighted by Gasteiger charge is -2.02. The first-order chi connectivity index (χ1) is 29.8. The molecule has 3 heterocycles. The molecule has 3 aromatic heterocycles. The van der Waals surface area contributed by atoms with Gasteiger partial charge >= 0.3 is 0 Å². The van der Waals surface area contributed by atoms with Gasteiger partial charge in [-0.1, -0.05) is 232 Å². The Morgan fingerprint density at radius 2 is 0.333 bits per heavy atom. The molecule has 3 rings (SSSR count). The highest BCUT2D eigenvalue weighted by molar-refractivity contribution is 4.84. The van der Waals surface area contributed by atoms with E-state index in [1.165, 1.54) is 251 Å². The van der Waals surface area contributed by atoms with Crippen molar-refractivity contribution in [2.24, 2.45) is 0 Å². The molecular formula is C57H102Cl3N3. The van der Waals surface area contributed by atoms with Gasteiger partial charge in [-0.3, -0.25) is 0 Å². The SMILES string of the molecule is CCCCCCCCCCCCCCCC[n+]1ccccc1.CCCCCCCCCCCCCC[n+]1ccccc1.CCCCCCCCCCCC[n+]1ccccc1.[Cl-].[Cl-].[Cl-]. The van der Waals surface area contributed by atoms with Crippen molar-refractivity contribution in [3.05, 3.63) is 91.8 Å². The van der Waals surface area contributed by atoms with Crippen molar-refractivity contribution in [2.75, 3.05) is 0 Å². The molecule has 0 aliphatic carbocycles. The Hall–Kier alpha value is -1.68. The van der Waals surface area contributed by atoms with Crippen LogP contribution in [0.5, 0.6) is 0 Å². The van der Waals surface area contributed by atoms with Crippen molar-refractivity contribution in [1.29, 1.82) is 0 Å². The van der Waals surface area contributed by atoms with Gasteiger partial charge in [0.15, 0.2) is 37.2 Å². The van der Waals surface area contributed by atoms with Gasteiger partial charge in [-0.05, 0) is 19.3 Å². The number of halogens is 3. The lowest BCUT2D eigenvalue weighted by Crippen LogP contribution is -3.00. The Labute approximate surface area is 412 Å². The van der Waals surface area contributed by atoms with Gasteiger partial charge in [0, 0.05) is 55.7 Å². The fourth-order valence-corrected chi connectivity index (χ4v) is 8.16. The van der Waals surface area contributed by atoms with Gasteiger partial charge in [0.05, 0.1) is 0 Å². The quantitative estimate of drug-likeness (QED) is 0.0406. The summed E-state index contributed by atoms with van der Waals surface area (Å²) in [6.45, 7) is 10.4. The monoisotopic (exact) mass is 934 g/mol. The molecule has 3 nitrogen and oxygen atoms in total. The molecule has 0 aromatic carbocycles. The van der Waals surface area contributed by atoms with E-state index in [0.717, 1.165) is 0 Å². The van der Waals surface area contributed by atoms with Crippen LogP contribution in [0.1, 0.15) is 252 Å². The Morgan fingerprint density at radius 3 is 0.492 bits per heavy atom. The molecule has 0 fully saturated rings. The van der Waals surface area contributed by atoms with E-state index in [1.54, 1.807) is 0 Å². The van der Waals surface area contributed by atoms with E-state index in [2.05, 4.69) is 126 Å². The summed E-state index contributed by atoms with van der Waals surface area (Å²) < 4.78 is 6.86. The number of aromatic nitrogens is 3. The van der Waals surface area contributed by atoms with Crippen LogP contribution in [-0.4, -0.2) is 0 Å². The lowest BCUT2D eigenvalue weighted by atomic mass is 10.0. The Morgan fingerprint density at radius 1 is 0.190 bits per heavy atom. The Bertz CT molecular complexity index is 1200. The Balaban J connectivity index is -0.000000841. The highest BCUT2D eigenvalue weighted by Crippen LogP contribution is 2.14. The molecule has 0 radical (unpaired) electrons. The van der Waals surface area contributed by atoms with Gasteiger partial charge in [0.25, 0.3) is 0 Å². The number of hydrogen-bond donors (Lipinski definition) is 0. The summed E-state index contributed by atoms with van der Waals surface area (Å²) >= 11 is 0. The third-order valence-electron chi connectivity index (χ3n) is 12.1. The van der Waals surface area contributed by atoms with Crippen LogP contribution in [0.4, 0.5) is 0 Å². The molecular weight excluding hydrogens is 833 g/mol. The number of pyridine rings is 3. The summed E-state index contributed by atoms with van der Waals surface area (Å²) in [4.78, 5) is 0. The number of nitrogens with zero attached hydrogens (tertiary/aromatic N) is 3. The number of rotatable bonds is 39. The minimum absolute atomic E-state index is 0. The van der Waals surface area contributed by atoms with Crippen LogP contribution in [-0.2, 0) is 19.6 Å². The predicted octanol–water partition coefficient (Wildman–Crippen LogP) is 8.04. The highest BCUT2D eigenvalue weighted by atomic mass is 35.5. The van der Waals surface area contributed by atoms with Crippen LogP contribution in [0, 0.1) is 0 Å². The maximum atomic E-state index is 2.29. The number of unbranched alkanes of at least 4 members (excludes halogenated alkanes) is 33. The van der Waals surface area contributed by atoms with Gasteiger partial charge in [0.1, 0.15) is 19.6 Å². The van der Waals surface area contributed by atoms with Gasteiger partial charge in [-0.15, -0.1) is 0 Å². The summed E-state index contributed by atoms with van der Waals surface area (Å²) in [6.07, 6.45) is 64.3. The van der Waals surface area contributed by atoms with Crippen LogP contribution in [0.15, 0.2) is 91.8 Å². The van der Waals surface area contributed by atoms with E-state index in [1.807, 2.05) is 0 Å². The minimum Gasteiger partial charge on any atom is -1.00 e. The van der Waals surface area contributed by atoms with Crippen LogP contribution < -0.4 is 50.9 Å². The standard InChI is InChI=1S/C21H38N.C19H34N.C17H30N.3ClH/c1-2-3-4-5-6-7-8-9-10-11-12-13-14-16-19-22-20-17-15-18-21-22;1-2-3-4-5-6-7-8-9-10-11-12-14-17-20-18-15-13-16-19-20;1-2-3-4-5-6-7-8-9-10-12-15-18-16-13-11-14-17-18;;;/h15,17-18,20-21H,2-14,16,19H2,1H3;13,15-16,18-19H,2-12,14,17H2,1H3;11,13-14,16-17H,2-10,12,15H2,1H3;3*1H/q3*+1;;;/p-3. The molecule has 0 saturated heterocycles. The first kappa shape index (κ1) is 65.6. The van der Waals surface area contributed by atoms with Gasteiger partial charge in [-0.2, -0.15) is 0 Å². The molecule has 0 spiro atoms. The third-order valence-corrected chi connectivity index (χ3v) is 12.1. The second-order valence-corrected chi connectivity index (χ2v) is 18.0. The number of hydrogen-bond acceptors (Lipinski definition) is 0. The summed E-state index contributed by atoms with van der Waals surface area (Å²) in [5, 5.41) is 0. The fourth-order valence-electron chi connectivity index (χ4n) is 8.16. The maximum absolute atomic E-state index is 2.29. The Kier molecular flexibility index (Phi) is 58.8. The molecule has 0 unspecified atom stereocenters. The molecule has 63 heavy (non-hydrogen) atoms. The van der Waals surface area contributed by atoms with Crippen molar-refractivity contribution in [2.45, 2.75) is 272 Å². The topological polar surface area (TPSA) is 11.6 Å². The third kappa shape index (κ3) is 49.6. The van der Waals surface area contributed by atoms with Crippen LogP contribution in [0.2, 0.25) is 0 Å². The van der Waals surface area contributed by atoms with Crippen molar-refractivity contribution in [3.8, 4) is 0 Å². The molecule has 0 saturated carbocycles. The van der Waals surface area contributed by atoms with E-state index >= 15 is 0 Å². The summed E-state index contributed by atoms with van der Waals surface area (Å²) in [5.74, 6) is 0. The molecule has 0 aliphatic heterocycles. The molecule has 6 heteroatoms. The molecule has 0 aliphatic rings. The van der Waals surface area contributed by atoms with Gasteiger partial charge in [-0.25, -0.2) is 13.7 Å². The van der Waals surface area contributed by atoms with Crippen molar-refractivity contribution >= 4 is 0 Å². The number of aryl methyl sites for hydroxylation is 3. The molecule has 0 atom stereocenters. The maximum Gasteiger partial charge on any atom is 0.168 e. The summed E-state index contributed by atoms with van der Waals surface area (Å²) in [5.41, 5.74) is 0. The average Bonchev–Trinajstić information content (AvgIpc) is 3.29. The predicted molar refractivity (Wildman–Crippen MR) is 263 cm³/mol. The van der Waals surface area contributed by atoms with Crippen molar-refractivity contribution in [1.82, 2.24) is 0 Å². The fraction of sp³-hybridized carbons (Fsp3) is 0.737. The second kappa shape index (κ2) is 56.4. The summed E-state index contributed by atoms with van der Waals surface area (Å²) in [6, 6.07) is 18.9. The second-order valence-electron chi connectivity index (χ2n) is 18.0. The van der Waals surface area contributed by atoms with Crippen molar-refractivity contribution in [3.63, 3.8) is 0 Å². The zero-order valence-electron chi connectivity index (χ0n) is 41.7. The molecule has 0 amide bonds. The zero-order chi connectivity index (χ0) is 42.9. The first-order valence-electron chi connectivity index (χ1n) is 26.6. The largest absolute Gasteiger partial charge is 1.00 e. The average molecular weight is 936 g/mol. The first-order valence-corrected chi connectivity index (χ1v) is 26.6. The molecule has 0 N–H and O–H groups in total. The van der Waals surface area contributed by atoms with E-state index < -0.39 is 0 Å². The van der Waals surface area contributed by atoms with E-state index in [9.17, 15) is 0 Å².